The van der Waals surface area contributed by atoms with E-state index in [1.807, 2.05) is 35.8 Å². The number of hydrogen-bond acceptors (Lipinski definition) is 5. The smallest absolute Gasteiger partial charge is 0.242 e. The summed E-state index contributed by atoms with van der Waals surface area (Å²) in [5.41, 5.74) is 1.84. The van der Waals surface area contributed by atoms with Crippen molar-refractivity contribution in [3.8, 4) is 17.7 Å². The molecule has 0 spiro atoms. The van der Waals surface area contributed by atoms with Crippen molar-refractivity contribution in [1.82, 2.24) is 19.5 Å². The molecule has 3 aromatic rings. The van der Waals surface area contributed by atoms with E-state index < -0.39 is 0 Å². The van der Waals surface area contributed by atoms with E-state index in [1.54, 1.807) is 20.3 Å². The predicted molar refractivity (Wildman–Crippen MR) is 74.5 cm³/mol. The van der Waals surface area contributed by atoms with Crippen LogP contribution in [0.4, 0.5) is 0 Å². The first kappa shape index (κ1) is 12.4. The molecule has 1 aromatic carbocycles. The van der Waals surface area contributed by atoms with Crippen molar-refractivity contribution >= 4 is 11.0 Å². The molecule has 0 aliphatic heterocycles. The fourth-order valence-corrected chi connectivity index (χ4v) is 2.10. The molecule has 0 N–H and O–H groups in total. The molecule has 0 fully saturated rings. The molecule has 3 rings (SSSR count). The van der Waals surface area contributed by atoms with E-state index >= 15 is 0 Å². The van der Waals surface area contributed by atoms with Gasteiger partial charge in [-0.25, -0.2) is 4.98 Å². The number of para-hydroxylation sites is 2. The zero-order chi connectivity index (χ0) is 14.1. The van der Waals surface area contributed by atoms with Gasteiger partial charge < -0.3 is 9.47 Å². The second kappa shape index (κ2) is 4.80. The van der Waals surface area contributed by atoms with Crippen molar-refractivity contribution in [3.05, 3.63) is 36.2 Å². The highest BCUT2D eigenvalue weighted by Gasteiger charge is 2.13. The normalized spacial score (nSPS) is 10.8. The van der Waals surface area contributed by atoms with Crippen LogP contribution in [-0.4, -0.2) is 33.7 Å². The van der Waals surface area contributed by atoms with Crippen molar-refractivity contribution in [1.29, 1.82) is 0 Å². The molecule has 6 nitrogen and oxygen atoms in total. The summed E-state index contributed by atoms with van der Waals surface area (Å²) in [5.74, 6) is 2.18. The number of fused-ring (bicyclic) bond motifs is 1. The zero-order valence-electron chi connectivity index (χ0n) is 11.5. The molecule has 6 heteroatoms. The summed E-state index contributed by atoms with van der Waals surface area (Å²) in [7, 11) is 3.12. The number of imidazole rings is 1. The minimum Gasteiger partial charge on any atom is -0.481 e. The number of ether oxygens (including phenoxy) is 2. The summed E-state index contributed by atoms with van der Waals surface area (Å²) in [5, 5.41) is 0. The molecule has 102 valence electrons. The fraction of sp³-hybridized carbons (Fsp3) is 0.214. The molecule has 0 bridgehead atoms. The summed E-state index contributed by atoms with van der Waals surface area (Å²) in [4.78, 5) is 13.2. The van der Waals surface area contributed by atoms with Crippen molar-refractivity contribution in [2.75, 3.05) is 14.2 Å². The molecule has 0 unspecified atom stereocenters. The van der Waals surface area contributed by atoms with Crippen LogP contribution < -0.4 is 9.47 Å². The highest BCUT2D eigenvalue weighted by Crippen LogP contribution is 2.22. The number of rotatable bonds is 3. The molecule has 0 saturated carbocycles. The van der Waals surface area contributed by atoms with Gasteiger partial charge in [-0.2, -0.15) is 9.97 Å². The van der Waals surface area contributed by atoms with Gasteiger partial charge in [0.1, 0.15) is 5.82 Å². The lowest BCUT2D eigenvalue weighted by atomic mass is 10.3. The van der Waals surface area contributed by atoms with E-state index in [0.29, 0.717) is 17.7 Å². The van der Waals surface area contributed by atoms with Crippen LogP contribution in [0.2, 0.25) is 0 Å². The summed E-state index contributed by atoms with van der Waals surface area (Å²) in [6.07, 6.45) is 0. The topological polar surface area (TPSA) is 62.1 Å². The van der Waals surface area contributed by atoms with Gasteiger partial charge in [-0.15, -0.1) is 0 Å². The zero-order valence-corrected chi connectivity index (χ0v) is 11.5. The van der Waals surface area contributed by atoms with Gasteiger partial charge in [0.2, 0.25) is 17.7 Å². The minimum atomic E-state index is 0.448. The van der Waals surface area contributed by atoms with Crippen LogP contribution in [0.1, 0.15) is 5.82 Å². The van der Waals surface area contributed by atoms with E-state index in [-0.39, 0.29) is 0 Å². The molecule has 0 amide bonds. The molecule has 0 radical (unpaired) electrons. The average Bonchev–Trinajstić information content (AvgIpc) is 2.82. The van der Waals surface area contributed by atoms with Crippen LogP contribution in [0, 0.1) is 6.92 Å². The highest BCUT2D eigenvalue weighted by molar-refractivity contribution is 5.77. The molecular formula is C14H14N4O2. The number of methoxy groups -OCH3 is 2. The third kappa shape index (κ3) is 1.95. The van der Waals surface area contributed by atoms with Gasteiger partial charge in [-0.1, -0.05) is 12.1 Å². The Morgan fingerprint density at radius 3 is 2.25 bits per heavy atom. The number of benzene rings is 1. The van der Waals surface area contributed by atoms with Gasteiger partial charge in [-0.3, -0.25) is 4.57 Å². The first-order chi connectivity index (χ1) is 9.72. The standard InChI is InChI=1S/C14H14N4O2/c1-9-15-10-6-4-5-7-11(10)18(9)14-16-12(19-2)8-13(17-14)20-3/h4-8H,1-3H3. The number of nitrogens with zero attached hydrogens (tertiary/aromatic N) is 4. The molecule has 0 aliphatic carbocycles. The average molecular weight is 270 g/mol. The first-order valence-corrected chi connectivity index (χ1v) is 6.14. The summed E-state index contributed by atoms with van der Waals surface area (Å²) in [6.45, 7) is 1.91. The second-order valence-corrected chi connectivity index (χ2v) is 4.24. The Morgan fingerprint density at radius 1 is 0.950 bits per heavy atom. The predicted octanol–water partition coefficient (Wildman–Crippen LogP) is 2.14. The third-order valence-electron chi connectivity index (χ3n) is 3.01. The van der Waals surface area contributed by atoms with Gasteiger partial charge in [-0.05, 0) is 19.1 Å². The molecule has 2 heterocycles. The Bertz CT molecular complexity index is 745. The van der Waals surface area contributed by atoms with Crippen molar-refractivity contribution in [2.45, 2.75) is 6.92 Å². The van der Waals surface area contributed by atoms with E-state index in [1.165, 1.54) is 0 Å². The lowest BCUT2D eigenvalue weighted by molar-refractivity contribution is 0.370. The maximum absolute atomic E-state index is 5.18. The third-order valence-corrected chi connectivity index (χ3v) is 3.01. The van der Waals surface area contributed by atoms with E-state index in [0.717, 1.165) is 16.9 Å². The van der Waals surface area contributed by atoms with Crippen LogP contribution in [0.5, 0.6) is 11.8 Å². The molecule has 0 aliphatic rings. The van der Waals surface area contributed by atoms with Crippen molar-refractivity contribution < 1.29 is 9.47 Å². The molecule has 0 saturated heterocycles. The number of aromatic nitrogens is 4. The highest BCUT2D eigenvalue weighted by atomic mass is 16.5. The molecule has 2 aromatic heterocycles. The largest absolute Gasteiger partial charge is 0.481 e. The second-order valence-electron chi connectivity index (χ2n) is 4.24. The van der Waals surface area contributed by atoms with Crippen LogP contribution in [0.15, 0.2) is 30.3 Å². The number of hydrogen-bond donors (Lipinski definition) is 0. The van der Waals surface area contributed by atoms with Gasteiger partial charge in [0.25, 0.3) is 0 Å². The Hall–Kier alpha value is -2.63. The van der Waals surface area contributed by atoms with Crippen molar-refractivity contribution in [3.63, 3.8) is 0 Å². The van der Waals surface area contributed by atoms with Crippen molar-refractivity contribution in [2.24, 2.45) is 0 Å². The Labute approximate surface area is 116 Å². The fourth-order valence-electron chi connectivity index (χ4n) is 2.10. The summed E-state index contributed by atoms with van der Waals surface area (Å²) < 4.78 is 12.2. The minimum absolute atomic E-state index is 0.448. The maximum atomic E-state index is 5.18. The Kier molecular flexibility index (Phi) is 2.98. The number of aryl methyl sites for hydroxylation is 1. The summed E-state index contributed by atoms with van der Waals surface area (Å²) >= 11 is 0. The van der Waals surface area contributed by atoms with Crippen LogP contribution >= 0.6 is 0 Å². The Balaban J connectivity index is 2.27. The molecular weight excluding hydrogens is 256 g/mol. The monoisotopic (exact) mass is 270 g/mol. The summed E-state index contributed by atoms with van der Waals surface area (Å²) in [6, 6.07) is 9.47. The van der Waals surface area contributed by atoms with Gasteiger partial charge in [0, 0.05) is 0 Å². The SMILES string of the molecule is COc1cc(OC)nc(-n2c(C)nc3ccccc32)n1. The van der Waals surface area contributed by atoms with Gasteiger partial charge >= 0.3 is 0 Å². The lowest BCUT2D eigenvalue weighted by Crippen LogP contribution is -2.05. The van der Waals surface area contributed by atoms with Gasteiger partial charge in [0.15, 0.2) is 0 Å². The van der Waals surface area contributed by atoms with E-state index in [2.05, 4.69) is 15.0 Å². The van der Waals surface area contributed by atoms with Crippen LogP contribution in [0.25, 0.3) is 17.0 Å². The van der Waals surface area contributed by atoms with E-state index in [9.17, 15) is 0 Å². The van der Waals surface area contributed by atoms with Crippen LogP contribution in [-0.2, 0) is 0 Å². The van der Waals surface area contributed by atoms with Gasteiger partial charge in [0.05, 0.1) is 31.3 Å². The lowest BCUT2D eigenvalue weighted by Gasteiger charge is -2.08. The quantitative estimate of drug-likeness (QED) is 0.729. The Morgan fingerprint density at radius 2 is 1.60 bits per heavy atom. The maximum Gasteiger partial charge on any atom is 0.242 e. The van der Waals surface area contributed by atoms with E-state index in [4.69, 9.17) is 9.47 Å². The van der Waals surface area contributed by atoms with Crippen LogP contribution in [0.3, 0.4) is 0 Å². The molecule has 0 atom stereocenters. The first-order valence-electron chi connectivity index (χ1n) is 6.14. The molecule has 20 heavy (non-hydrogen) atoms.